The molecule has 3 aromatic rings. The molecule has 0 unspecified atom stereocenters. The second-order valence-electron chi connectivity index (χ2n) is 4.86. The third-order valence-corrected chi connectivity index (χ3v) is 3.20. The summed E-state index contributed by atoms with van der Waals surface area (Å²) in [5.74, 6) is 0.0937. The van der Waals surface area contributed by atoms with Gasteiger partial charge < -0.3 is 4.74 Å². The van der Waals surface area contributed by atoms with Gasteiger partial charge in [0.1, 0.15) is 11.6 Å². The van der Waals surface area contributed by atoms with Gasteiger partial charge in [-0.25, -0.2) is 14.4 Å². The van der Waals surface area contributed by atoms with Gasteiger partial charge in [-0.1, -0.05) is 30.3 Å². The van der Waals surface area contributed by atoms with E-state index in [-0.39, 0.29) is 17.1 Å². The van der Waals surface area contributed by atoms with Crippen LogP contribution in [0, 0.1) is 17.1 Å². The van der Waals surface area contributed by atoms with Gasteiger partial charge in [-0.05, 0) is 35.9 Å². The van der Waals surface area contributed by atoms with Gasteiger partial charge in [-0.3, -0.25) is 0 Å². The summed E-state index contributed by atoms with van der Waals surface area (Å²) in [6, 6.07) is 17.2. The Morgan fingerprint density at radius 3 is 2.58 bits per heavy atom. The van der Waals surface area contributed by atoms with E-state index in [9.17, 15) is 9.65 Å². The van der Waals surface area contributed by atoms with Crippen LogP contribution in [0.5, 0.6) is 11.8 Å². The Morgan fingerprint density at radius 2 is 1.83 bits per heavy atom. The van der Waals surface area contributed by atoms with Crippen molar-refractivity contribution >= 4 is 11.6 Å². The maximum absolute atomic E-state index is 13.9. The number of ether oxygens (including phenoxy) is 1. The largest absolute Gasteiger partial charge is 0.424 e. The molecule has 0 saturated carbocycles. The van der Waals surface area contributed by atoms with Gasteiger partial charge in [0.25, 0.3) is 0 Å². The SMILES string of the molecule is N#C/C(=C\c1cccc(Oc2ncccn2)c1)c1ccccc1F. The molecule has 0 fully saturated rings. The number of aromatic nitrogens is 2. The van der Waals surface area contributed by atoms with Crippen LogP contribution in [0.1, 0.15) is 11.1 Å². The summed E-state index contributed by atoms with van der Waals surface area (Å²) >= 11 is 0. The van der Waals surface area contributed by atoms with E-state index in [1.165, 1.54) is 6.07 Å². The minimum Gasteiger partial charge on any atom is -0.424 e. The fourth-order valence-corrected chi connectivity index (χ4v) is 2.13. The summed E-state index contributed by atoms with van der Waals surface area (Å²) in [5, 5.41) is 9.33. The second kappa shape index (κ2) is 7.16. The Morgan fingerprint density at radius 1 is 1.04 bits per heavy atom. The third-order valence-electron chi connectivity index (χ3n) is 3.20. The lowest BCUT2D eigenvalue weighted by Crippen LogP contribution is -1.91. The van der Waals surface area contributed by atoms with Crippen molar-refractivity contribution in [2.24, 2.45) is 0 Å². The number of rotatable bonds is 4. The molecule has 1 aromatic heterocycles. The summed E-state index contributed by atoms with van der Waals surface area (Å²) < 4.78 is 19.4. The summed E-state index contributed by atoms with van der Waals surface area (Å²) in [6.45, 7) is 0. The molecule has 0 bridgehead atoms. The number of allylic oxidation sites excluding steroid dienone is 1. The average molecular weight is 317 g/mol. The minimum atomic E-state index is -0.435. The molecule has 1 heterocycles. The van der Waals surface area contributed by atoms with Gasteiger partial charge in [0.15, 0.2) is 0 Å². The third kappa shape index (κ3) is 3.62. The van der Waals surface area contributed by atoms with Crippen molar-refractivity contribution in [2.75, 3.05) is 0 Å². The zero-order chi connectivity index (χ0) is 16.8. The zero-order valence-electron chi connectivity index (χ0n) is 12.6. The standard InChI is InChI=1S/C19H12FN3O/c20-18-8-2-1-7-17(18)15(13-21)11-14-5-3-6-16(12-14)24-19-22-9-4-10-23-19/h1-12H/b15-11+. The highest BCUT2D eigenvalue weighted by Gasteiger charge is 2.07. The lowest BCUT2D eigenvalue weighted by Gasteiger charge is -2.05. The van der Waals surface area contributed by atoms with Crippen LogP contribution in [0.2, 0.25) is 0 Å². The van der Waals surface area contributed by atoms with Crippen molar-refractivity contribution in [1.82, 2.24) is 9.97 Å². The van der Waals surface area contributed by atoms with Crippen LogP contribution in [0.15, 0.2) is 67.0 Å². The van der Waals surface area contributed by atoms with Crippen LogP contribution >= 0.6 is 0 Å². The first kappa shape index (κ1) is 15.4. The van der Waals surface area contributed by atoms with E-state index >= 15 is 0 Å². The summed E-state index contributed by atoms with van der Waals surface area (Å²) in [6.07, 6.45) is 4.77. The number of nitriles is 1. The highest BCUT2D eigenvalue weighted by Crippen LogP contribution is 2.24. The lowest BCUT2D eigenvalue weighted by molar-refractivity contribution is 0.441. The predicted molar refractivity (Wildman–Crippen MR) is 88.4 cm³/mol. The van der Waals surface area contributed by atoms with Crippen molar-refractivity contribution in [1.29, 1.82) is 5.26 Å². The fourth-order valence-electron chi connectivity index (χ4n) is 2.13. The van der Waals surface area contributed by atoms with Crippen molar-refractivity contribution < 1.29 is 9.13 Å². The van der Waals surface area contributed by atoms with E-state index in [4.69, 9.17) is 4.74 Å². The quantitative estimate of drug-likeness (QED) is 0.526. The second-order valence-corrected chi connectivity index (χ2v) is 4.86. The molecule has 0 amide bonds. The van der Waals surface area contributed by atoms with Crippen LogP contribution in [-0.2, 0) is 0 Å². The van der Waals surface area contributed by atoms with Crippen LogP contribution in [-0.4, -0.2) is 9.97 Å². The molecule has 0 radical (unpaired) electrons. The molecule has 116 valence electrons. The molecule has 5 heteroatoms. The number of hydrogen-bond donors (Lipinski definition) is 0. The van der Waals surface area contributed by atoms with Crippen molar-refractivity contribution in [3.8, 4) is 17.8 Å². The molecular formula is C19H12FN3O. The fraction of sp³-hybridized carbons (Fsp3) is 0. The first-order chi connectivity index (χ1) is 11.8. The van der Waals surface area contributed by atoms with Crippen molar-refractivity contribution in [3.05, 3.63) is 83.9 Å². The molecular weight excluding hydrogens is 305 g/mol. The first-order valence-corrected chi connectivity index (χ1v) is 7.18. The number of benzene rings is 2. The molecule has 0 aliphatic heterocycles. The molecule has 0 N–H and O–H groups in total. The Bertz CT molecular complexity index is 917. The van der Waals surface area contributed by atoms with Gasteiger partial charge in [0.2, 0.25) is 0 Å². The number of nitrogens with zero attached hydrogens (tertiary/aromatic N) is 3. The maximum atomic E-state index is 13.9. The van der Waals surface area contributed by atoms with Crippen LogP contribution in [0.3, 0.4) is 0 Å². The maximum Gasteiger partial charge on any atom is 0.321 e. The molecule has 24 heavy (non-hydrogen) atoms. The highest BCUT2D eigenvalue weighted by atomic mass is 19.1. The normalized spacial score (nSPS) is 10.9. The van der Waals surface area contributed by atoms with Gasteiger partial charge in [-0.2, -0.15) is 5.26 Å². The highest BCUT2D eigenvalue weighted by molar-refractivity contribution is 5.89. The molecule has 0 spiro atoms. The van der Waals surface area contributed by atoms with Crippen LogP contribution < -0.4 is 4.74 Å². The summed E-state index contributed by atoms with van der Waals surface area (Å²) in [5.41, 5.74) is 1.21. The average Bonchev–Trinajstić information content (AvgIpc) is 2.62. The van der Waals surface area contributed by atoms with Gasteiger partial charge in [-0.15, -0.1) is 0 Å². The number of hydrogen-bond acceptors (Lipinski definition) is 4. The molecule has 0 aliphatic rings. The topological polar surface area (TPSA) is 58.8 Å². The molecule has 0 aliphatic carbocycles. The monoisotopic (exact) mass is 317 g/mol. The van der Waals surface area contributed by atoms with Gasteiger partial charge >= 0.3 is 6.01 Å². The first-order valence-electron chi connectivity index (χ1n) is 7.18. The van der Waals surface area contributed by atoms with Gasteiger partial charge in [0, 0.05) is 18.0 Å². The Balaban J connectivity index is 1.91. The van der Waals surface area contributed by atoms with Crippen LogP contribution in [0.4, 0.5) is 4.39 Å². The zero-order valence-corrected chi connectivity index (χ0v) is 12.6. The summed E-state index contributed by atoms with van der Waals surface area (Å²) in [4.78, 5) is 7.98. The predicted octanol–water partition coefficient (Wildman–Crippen LogP) is 4.47. The Hall–Kier alpha value is -3.52. The Labute approximate surface area is 138 Å². The Kier molecular flexibility index (Phi) is 4.59. The van der Waals surface area contributed by atoms with Crippen molar-refractivity contribution in [3.63, 3.8) is 0 Å². The molecule has 2 aromatic carbocycles. The number of halogens is 1. The van der Waals surface area contributed by atoms with Crippen molar-refractivity contribution in [2.45, 2.75) is 0 Å². The van der Waals surface area contributed by atoms with E-state index in [1.54, 1.807) is 67.0 Å². The van der Waals surface area contributed by atoms with Gasteiger partial charge in [0.05, 0.1) is 11.6 Å². The van der Waals surface area contributed by atoms with E-state index < -0.39 is 5.82 Å². The lowest BCUT2D eigenvalue weighted by atomic mass is 10.0. The van der Waals surface area contributed by atoms with E-state index in [1.807, 2.05) is 6.07 Å². The van der Waals surface area contributed by atoms with E-state index in [2.05, 4.69) is 9.97 Å². The van der Waals surface area contributed by atoms with Crippen LogP contribution in [0.25, 0.3) is 11.6 Å². The van der Waals surface area contributed by atoms with E-state index in [0.29, 0.717) is 11.3 Å². The molecule has 0 saturated heterocycles. The minimum absolute atomic E-state index is 0.230. The molecule has 4 nitrogen and oxygen atoms in total. The molecule has 3 rings (SSSR count). The molecule has 0 atom stereocenters. The summed E-state index contributed by atoms with van der Waals surface area (Å²) in [7, 11) is 0. The smallest absolute Gasteiger partial charge is 0.321 e. The van der Waals surface area contributed by atoms with E-state index in [0.717, 1.165) is 0 Å².